The summed E-state index contributed by atoms with van der Waals surface area (Å²) >= 11 is 0. The molecule has 1 aromatic carbocycles. The Morgan fingerprint density at radius 2 is 1.91 bits per heavy atom. The number of rotatable bonds is 8. The first kappa shape index (κ1) is 18.2. The van der Waals surface area contributed by atoms with E-state index in [1.165, 1.54) is 24.8 Å². The first-order valence-electron chi connectivity index (χ1n) is 8.84. The fraction of sp³-hybridized carbons (Fsp3) is 0.684. The second-order valence-corrected chi connectivity index (χ2v) is 6.94. The molecule has 4 heteroatoms. The lowest BCUT2D eigenvalue weighted by molar-refractivity contribution is 0.147. The molecular formula is C19H32N2O2. The Balaban J connectivity index is 1.85. The highest BCUT2D eigenvalue weighted by Gasteiger charge is 2.25. The van der Waals surface area contributed by atoms with Crippen LogP contribution in [0.3, 0.4) is 0 Å². The maximum atomic E-state index is 9.54. The van der Waals surface area contributed by atoms with Gasteiger partial charge in [-0.1, -0.05) is 25.0 Å². The van der Waals surface area contributed by atoms with Crippen LogP contribution in [0, 0.1) is 5.92 Å². The first-order valence-corrected chi connectivity index (χ1v) is 8.84. The molecule has 1 aliphatic carbocycles. The number of nitrogens with one attached hydrogen (secondary N) is 1. The van der Waals surface area contributed by atoms with Gasteiger partial charge in [0.15, 0.2) is 0 Å². The van der Waals surface area contributed by atoms with Crippen molar-refractivity contribution in [2.24, 2.45) is 5.92 Å². The zero-order valence-corrected chi connectivity index (χ0v) is 14.8. The number of nitrogens with zero attached hydrogens (tertiary/aromatic N) is 1. The van der Waals surface area contributed by atoms with Crippen LogP contribution in [0.15, 0.2) is 24.3 Å². The Morgan fingerprint density at radius 3 is 2.57 bits per heavy atom. The van der Waals surface area contributed by atoms with Crippen molar-refractivity contribution in [3.05, 3.63) is 29.8 Å². The Labute approximate surface area is 140 Å². The highest BCUT2D eigenvalue weighted by Crippen LogP contribution is 2.27. The summed E-state index contributed by atoms with van der Waals surface area (Å²) in [7, 11) is 4.09. The highest BCUT2D eigenvalue weighted by molar-refractivity contribution is 5.29. The Kier molecular flexibility index (Phi) is 7.34. The summed E-state index contributed by atoms with van der Waals surface area (Å²) in [5, 5.41) is 13.2. The third-order valence-corrected chi connectivity index (χ3v) is 4.79. The van der Waals surface area contributed by atoms with Crippen LogP contribution in [-0.2, 0) is 0 Å². The second-order valence-electron chi connectivity index (χ2n) is 6.94. The van der Waals surface area contributed by atoms with Crippen LogP contribution in [0.5, 0.6) is 5.75 Å². The van der Waals surface area contributed by atoms with Crippen molar-refractivity contribution < 1.29 is 9.84 Å². The van der Waals surface area contributed by atoms with Crippen LogP contribution in [0.1, 0.15) is 44.2 Å². The second kappa shape index (κ2) is 9.26. The van der Waals surface area contributed by atoms with Gasteiger partial charge in [-0.05, 0) is 57.5 Å². The van der Waals surface area contributed by atoms with E-state index in [9.17, 15) is 5.11 Å². The number of aliphatic hydroxyl groups is 1. The Hall–Kier alpha value is -1.10. The van der Waals surface area contributed by atoms with Gasteiger partial charge in [0.05, 0.1) is 0 Å². The van der Waals surface area contributed by atoms with Crippen LogP contribution >= 0.6 is 0 Å². The summed E-state index contributed by atoms with van der Waals surface area (Å²) in [6, 6.07) is 9.10. The van der Waals surface area contributed by atoms with E-state index >= 15 is 0 Å². The summed E-state index contributed by atoms with van der Waals surface area (Å²) in [6.07, 6.45) is 4.82. The zero-order valence-electron chi connectivity index (χ0n) is 14.8. The molecule has 2 N–H and O–H groups in total. The van der Waals surface area contributed by atoms with Crippen molar-refractivity contribution in [1.29, 1.82) is 0 Å². The third-order valence-electron chi connectivity index (χ3n) is 4.79. The van der Waals surface area contributed by atoms with Crippen LogP contribution in [0.2, 0.25) is 0 Å². The van der Waals surface area contributed by atoms with Gasteiger partial charge in [0.25, 0.3) is 0 Å². The molecule has 1 fully saturated rings. The maximum absolute atomic E-state index is 9.54. The largest absolute Gasteiger partial charge is 0.492 e. The van der Waals surface area contributed by atoms with E-state index in [0.717, 1.165) is 18.7 Å². The quantitative estimate of drug-likeness (QED) is 0.773. The first-order chi connectivity index (χ1) is 11.1. The average molecular weight is 320 g/mol. The van der Waals surface area contributed by atoms with Gasteiger partial charge in [0.1, 0.15) is 12.4 Å². The molecule has 23 heavy (non-hydrogen) atoms. The highest BCUT2D eigenvalue weighted by atomic mass is 16.5. The average Bonchev–Trinajstić information content (AvgIpc) is 2.55. The van der Waals surface area contributed by atoms with E-state index in [0.29, 0.717) is 31.2 Å². The van der Waals surface area contributed by atoms with Gasteiger partial charge < -0.3 is 20.1 Å². The SMILES string of the molecule is CC(NC1CCCCC1CO)c1ccc(OCCN(C)C)cc1. The molecule has 2 rings (SSSR count). The minimum absolute atomic E-state index is 0.294. The van der Waals surface area contributed by atoms with Crippen molar-refractivity contribution in [2.75, 3.05) is 33.9 Å². The number of likely N-dealkylation sites (N-methyl/N-ethyl adjacent to an activating group) is 1. The number of ether oxygens (including phenoxy) is 1. The fourth-order valence-corrected chi connectivity index (χ4v) is 3.26. The van der Waals surface area contributed by atoms with Gasteiger partial charge in [-0.25, -0.2) is 0 Å². The maximum Gasteiger partial charge on any atom is 0.119 e. The van der Waals surface area contributed by atoms with E-state index in [2.05, 4.69) is 29.3 Å². The standard InChI is InChI=1S/C19H32N2O2/c1-15(20-19-7-5-4-6-17(19)14-22)16-8-10-18(11-9-16)23-13-12-21(2)3/h8-11,15,17,19-20,22H,4-7,12-14H2,1-3H3. The van der Waals surface area contributed by atoms with E-state index in [1.54, 1.807) is 0 Å². The van der Waals surface area contributed by atoms with E-state index in [4.69, 9.17) is 4.74 Å². The molecule has 0 spiro atoms. The molecule has 1 aliphatic rings. The van der Waals surface area contributed by atoms with Gasteiger partial charge in [-0.2, -0.15) is 0 Å². The van der Waals surface area contributed by atoms with Gasteiger partial charge >= 0.3 is 0 Å². The molecule has 0 saturated heterocycles. The molecule has 130 valence electrons. The molecule has 3 unspecified atom stereocenters. The molecule has 0 heterocycles. The minimum atomic E-state index is 0.294. The summed E-state index contributed by atoms with van der Waals surface area (Å²) in [5.41, 5.74) is 1.27. The Morgan fingerprint density at radius 1 is 1.22 bits per heavy atom. The van der Waals surface area contributed by atoms with Crippen LogP contribution in [0.4, 0.5) is 0 Å². The molecule has 0 bridgehead atoms. The molecule has 0 aliphatic heterocycles. The molecule has 0 aromatic heterocycles. The van der Waals surface area contributed by atoms with Gasteiger partial charge in [0, 0.05) is 25.2 Å². The predicted molar refractivity (Wildman–Crippen MR) is 94.9 cm³/mol. The van der Waals surface area contributed by atoms with Crippen LogP contribution < -0.4 is 10.1 Å². The molecule has 3 atom stereocenters. The number of hydrogen-bond acceptors (Lipinski definition) is 4. The lowest BCUT2D eigenvalue weighted by Crippen LogP contribution is -2.41. The molecule has 1 saturated carbocycles. The molecule has 0 radical (unpaired) electrons. The predicted octanol–water partition coefficient (Wildman–Crippen LogP) is 2.83. The van der Waals surface area contributed by atoms with Gasteiger partial charge in [-0.15, -0.1) is 0 Å². The van der Waals surface area contributed by atoms with Crippen molar-refractivity contribution >= 4 is 0 Å². The van der Waals surface area contributed by atoms with Crippen LogP contribution in [0.25, 0.3) is 0 Å². The summed E-state index contributed by atoms with van der Waals surface area (Å²) in [5.74, 6) is 1.33. The van der Waals surface area contributed by atoms with Crippen molar-refractivity contribution in [3.63, 3.8) is 0 Å². The Bertz CT molecular complexity index is 447. The molecule has 4 nitrogen and oxygen atoms in total. The summed E-state index contributed by atoms with van der Waals surface area (Å²) in [6.45, 7) is 4.12. The molecule has 1 aromatic rings. The topological polar surface area (TPSA) is 44.7 Å². The monoisotopic (exact) mass is 320 g/mol. The molecule has 0 amide bonds. The normalized spacial score (nSPS) is 23.0. The van der Waals surface area contributed by atoms with Gasteiger partial charge in [-0.3, -0.25) is 0 Å². The lowest BCUT2D eigenvalue weighted by atomic mass is 9.84. The summed E-state index contributed by atoms with van der Waals surface area (Å²) < 4.78 is 5.74. The zero-order chi connectivity index (χ0) is 16.7. The number of aliphatic hydroxyl groups excluding tert-OH is 1. The van der Waals surface area contributed by atoms with E-state index in [1.807, 2.05) is 26.2 Å². The van der Waals surface area contributed by atoms with E-state index in [-0.39, 0.29) is 0 Å². The number of benzene rings is 1. The van der Waals surface area contributed by atoms with Crippen molar-refractivity contribution in [2.45, 2.75) is 44.7 Å². The fourth-order valence-electron chi connectivity index (χ4n) is 3.26. The molecular weight excluding hydrogens is 288 g/mol. The third kappa shape index (κ3) is 5.79. The van der Waals surface area contributed by atoms with Crippen LogP contribution in [-0.4, -0.2) is 49.9 Å². The smallest absolute Gasteiger partial charge is 0.119 e. The van der Waals surface area contributed by atoms with Crippen molar-refractivity contribution in [3.8, 4) is 5.75 Å². The van der Waals surface area contributed by atoms with E-state index < -0.39 is 0 Å². The number of hydrogen-bond donors (Lipinski definition) is 2. The van der Waals surface area contributed by atoms with Crippen molar-refractivity contribution in [1.82, 2.24) is 10.2 Å². The summed E-state index contributed by atoms with van der Waals surface area (Å²) in [4.78, 5) is 2.11. The van der Waals surface area contributed by atoms with Gasteiger partial charge in [0.2, 0.25) is 0 Å². The minimum Gasteiger partial charge on any atom is -0.492 e. The lowest BCUT2D eigenvalue weighted by Gasteiger charge is -2.33.